The fourth-order valence-electron chi connectivity index (χ4n) is 2.05. The molecular weight excluding hydrogens is 248 g/mol. The van der Waals surface area contributed by atoms with Crippen molar-refractivity contribution < 1.29 is 4.79 Å². The molecule has 3 heteroatoms. The van der Waals surface area contributed by atoms with Crippen LogP contribution in [0.25, 0.3) is 0 Å². The zero-order valence-electron chi connectivity index (χ0n) is 13.4. The summed E-state index contributed by atoms with van der Waals surface area (Å²) in [5, 5.41) is 6.30. The molecule has 1 aromatic rings. The molecule has 2 unspecified atom stereocenters. The summed E-state index contributed by atoms with van der Waals surface area (Å²) < 4.78 is 0. The van der Waals surface area contributed by atoms with E-state index in [0.717, 1.165) is 13.0 Å². The summed E-state index contributed by atoms with van der Waals surface area (Å²) >= 11 is 0. The van der Waals surface area contributed by atoms with Gasteiger partial charge in [0.1, 0.15) is 0 Å². The number of hydrogen-bond donors (Lipinski definition) is 2. The normalized spacial score (nSPS) is 14.1. The Bertz CT molecular complexity index is 412. The van der Waals surface area contributed by atoms with Crippen LogP contribution in [0.4, 0.5) is 0 Å². The maximum atomic E-state index is 11.9. The molecule has 1 aromatic carbocycles. The smallest absolute Gasteiger partial charge is 0.236 e. The second-order valence-electron chi connectivity index (χ2n) is 5.84. The summed E-state index contributed by atoms with van der Waals surface area (Å²) in [7, 11) is 0. The van der Waals surface area contributed by atoms with Crippen molar-refractivity contribution in [1.82, 2.24) is 10.6 Å². The highest BCUT2D eigenvalue weighted by molar-refractivity contribution is 5.81. The number of nitrogens with one attached hydrogen (secondary N) is 2. The van der Waals surface area contributed by atoms with Crippen molar-refractivity contribution in [3.8, 4) is 0 Å². The third-order valence-electron chi connectivity index (χ3n) is 3.47. The number of hydrogen-bond acceptors (Lipinski definition) is 2. The largest absolute Gasteiger partial charge is 0.354 e. The van der Waals surface area contributed by atoms with Gasteiger partial charge in [-0.05, 0) is 37.3 Å². The fourth-order valence-corrected chi connectivity index (χ4v) is 2.05. The summed E-state index contributed by atoms with van der Waals surface area (Å²) in [6.07, 6.45) is 1.05. The zero-order valence-corrected chi connectivity index (χ0v) is 13.4. The second-order valence-corrected chi connectivity index (χ2v) is 5.84. The van der Waals surface area contributed by atoms with E-state index in [4.69, 9.17) is 0 Å². The van der Waals surface area contributed by atoms with E-state index >= 15 is 0 Å². The number of rotatable bonds is 7. The zero-order chi connectivity index (χ0) is 15.1. The lowest BCUT2D eigenvalue weighted by molar-refractivity contribution is -0.123. The first-order valence-corrected chi connectivity index (χ1v) is 7.56. The summed E-state index contributed by atoms with van der Waals surface area (Å²) in [6.45, 7) is 11.1. The van der Waals surface area contributed by atoms with Gasteiger partial charge in [-0.2, -0.15) is 0 Å². The van der Waals surface area contributed by atoms with E-state index in [1.54, 1.807) is 0 Å². The molecule has 0 spiro atoms. The Morgan fingerprint density at radius 2 is 1.70 bits per heavy atom. The number of amides is 1. The van der Waals surface area contributed by atoms with Crippen molar-refractivity contribution >= 4 is 5.91 Å². The molecule has 0 fully saturated rings. The standard InChI is InChI=1S/C17H28N2O/c1-6-15-7-9-16(10-8-15)13(4)19-14(5)17(20)18-11-12(2)3/h7-10,12-14,19H,6,11H2,1-5H3,(H,18,20). The van der Waals surface area contributed by atoms with Crippen LogP contribution in [-0.2, 0) is 11.2 Å². The molecule has 0 bridgehead atoms. The first kappa shape index (κ1) is 16.7. The molecule has 1 amide bonds. The maximum Gasteiger partial charge on any atom is 0.236 e. The van der Waals surface area contributed by atoms with Gasteiger partial charge in [-0.1, -0.05) is 45.0 Å². The van der Waals surface area contributed by atoms with Gasteiger partial charge in [0, 0.05) is 12.6 Å². The number of benzene rings is 1. The highest BCUT2D eigenvalue weighted by atomic mass is 16.2. The van der Waals surface area contributed by atoms with Crippen molar-refractivity contribution in [1.29, 1.82) is 0 Å². The molecule has 2 atom stereocenters. The summed E-state index contributed by atoms with van der Waals surface area (Å²) in [5.74, 6) is 0.542. The summed E-state index contributed by atoms with van der Waals surface area (Å²) in [6, 6.07) is 8.55. The quantitative estimate of drug-likeness (QED) is 0.803. The van der Waals surface area contributed by atoms with Gasteiger partial charge in [0.2, 0.25) is 5.91 Å². The molecule has 0 heterocycles. The Labute approximate surface area is 123 Å². The highest BCUT2D eigenvalue weighted by Gasteiger charge is 2.16. The van der Waals surface area contributed by atoms with Crippen molar-refractivity contribution in [2.45, 2.75) is 53.1 Å². The molecule has 3 nitrogen and oxygen atoms in total. The predicted octanol–water partition coefficient (Wildman–Crippen LogP) is 3.06. The van der Waals surface area contributed by atoms with Crippen LogP contribution in [0.2, 0.25) is 0 Å². The minimum atomic E-state index is -0.186. The summed E-state index contributed by atoms with van der Waals surface area (Å²) in [5.41, 5.74) is 2.55. The molecule has 1 rings (SSSR count). The van der Waals surface area contributed by atoms with Crippen LogP contribution in [-0.4, -0.2) is 18.5 Å². The number of aryl methyl sites for hydroxylation is 1. The van der Waals surface area contributed by atoms with E-state index in [1.807, 2.05) is 6.92 Å². The molecular formula is C17H28N2O. The van der Waals surface area contributed by atoms with Crippen molar-refractivity contribution in [3.63, 3.8) is 0 Å². The maximum absolute atomic E-state index is 11.9. The lowest BCUT2D eigenvalue weighted by Crippen LogP contribution is -2.44. The second kappa shape index (κ2) is 8.05. The summed E-state index contributed by atoms with van der Waals surface area (Å²) in [4.78, 5) is 11.9. The van der Waals surface area contributed by atoms with Crippen LogP contribution in [0.3, 0.4) is 0 Å². The Balaban J connectivity index is 2.51. The van der Waals surface area contributed by atoms with E-state index in [9.17, 15) is 4.79 Å². The Kier molecular flexibility index (Phi) is 6.73. The lowest BCUT2D eigenvalue weighted by Gasteiger charge is -2.20. The van der Waals surface area contributed by atoms with Crippen LogP contribution < -0.4 is 10.6 Å². The first-order chi connectivity index (χ1) is 9.43. The molecule has 0 radical (unpaired) electrons. The Morgan fingerprint density at radius 1 is 1.10 bits per heavy atom. The van der Waals surface area contributed by atoms with E-state index < -0.39 is 0 Å². The van der Waals surface area contributed by atoms with Gasteiger partial charge >= 0.3 is 0 Å². The number of carbonyl (C=O) groups excluding carboxylic acids is 1. The van der Waals surface area contributed by atoms with Crippen LogP contribution in [0, 0.1) is 5.92 Å². The average Bonchev–Trinajstić information content (AvgIpc) is 2.44. The minimum Gasteiger partial charge on any atom is -0.354 e. The van der Waals surface area contributed by atoms with Crippen LogP contribution >= 0.6 is 0 Å². The van der Waals surface area contributed by atoms with E-state index in [0.29, 0.717) is 5.92 Å². The molecule has 112 valence electrons. The van der Waals surface area contributed by atoms with E-state index in [2.05, 4.69) is 62.6 Å². The third kappa shape index (κ3) is 5.33. The SMILES string of the molecule is CCc1ccc(C(C)NC(C)C(=O)NCC(C)C)cc1. The van der Waals surface area contributed by atoms with E-state index in [-0.39, 0.29) is 18.0 Å². The van der Waals surface area contributed by atoms with Gasteiger partial charge in [-0.3, -0.25) is 10.1 Å². The minimum absolute atomic E-state index is 0.0655. The first-order valence-electron chi connectivity index (χ1n) is 7.56. The fraction of sp³-hybridized carbons (Fsp3) is 0.588. The lowest BCUT2D eigenvalue weighted by atomic mass is 10.0. The Hall–Kier alpha value is -1.35. The van der Waals surface area contributed by atoms with Crippen molar-refractivity contribution in [2.24, 2.45) is 5.92 Å². The average molecular weight is 276 g/mol. The molecule has 0 saturated carbocycles. The van der Waals surface area contributed by atoms with E-state index in [1.165, 1.54) is 11.1 Å². The highest BCUT2D eigenvalue weighted by Crippen LogP contribution is 2.14. The van der Waals surface area contributed by atoms with Crippen LogP contribution in [0.15, 0.2) is 24.3 Å². The van der Waals surface area contributed by atoms with Crippen LogP contribution in [0.5, 0.6) is 0 Å². The van der Waals surface area contributed by atoms with Gasteiger partial charge in [0.05, 0.1) is 6.04 Å². The van der Waals surface area contributed by atoms with Gasteiger partial charge < -0.3 is 5.32 Å². The van der Waals surface area contributed by atoms with Gasteiger partial charge in [-0.15, -0.1) is 0 Å². The molecule has 0 aliphatic rings. The molecule has 0 aliphatic carbocycles. The molecule has 0 aromatic heterocycles. The molecule has 2 N–H and O–H groups in total. The van der Waals surface area contributed by atoms with Gasteiger partial charge in [-0.25, -0.2) is 0 Å². The third-order valence-corrected chi connectivity index (χ3v) is 3.47. The van der Waals surface area contributed by atoms with Crippen LogP contribution in [0.1, 0.15) is 51.8 Å². The molecule has 20 heavy (non-hydrogen) atoms. The predicted molar refractivity (Wildman–Crippen MR) is 84.7 cm³/mol. The monoisotopic (exact) mass is 276 g/mol. The topological polar surface area (TPSA) is 41.1 Å². The Morgan fingerprint density at radius 3 is 2.20 bits per heavy atom. The molecule has 0 saturated heterocycles. The van der Waals surface area contributed by atoms with Gasteiger partial charge in [0.25, 0.3) is 0 Å². The molecule has 0 aliphatic heterocycles. The van der Waals surface area contributed by atoms with Gasteiger partial charge in [0.15, 0.2) is 0 Å². The number of carbonyl (C=O) groups is 1. The van der Waals surface area contributed by atoms with Crippen molar-refractivity contribution in [3.05, 3.63) is 35.4 Å². The van der Waals surface area contributed by atoms with Crippen molar-refractivity contribution in [2.75, 3.05) is 6.54 Å².